The summed E-state index contributed by atoms with van der Waals surface area (Å²) in [4.78, 5) is 4.98. The van der Waals surface area contributed by atoms with Gasteiger partial charge in [0.1, 0.15) is 0 Å². The third-order valence-electron chi connectivity index (χ3n) is 4.22. The van der Waals surface area contributed by atoms with Crippen LogP contribution >= 0.6 is 11.6 Å². The molecule has 1 fully saturated rings. The molecule has 2 rings (SSSR count). The second-order valence-electron chi connectivity index (χ2n) is 5.55. The van der Waals surface area contributed by atoms with Crippen LogP contribution in [0.4, 0.5) is 0 Å². The Kier molecular flexibility index (Phi) is 5.26. The van der Waals surface area contributed by atoms with E-state index in [1.165, 1.54) is 29.8 Å². The molecule has 1 aliphatic heterocycles. The molecule has 1 aliphatic rings. The van der Waals surface area contributed by atoms with E-state index in [0.717, 1.165) is 26.2 Å². The van der Waals surface area contributed by atoms with Crippen LogP contribution in [0.25, 0.3) is 0 Å². The molecule has 2 nitrogen and oxygen atoms in total. The monoisotopic (exact) mass is 280 g/mol. The van der Waals surface area contributed by atoms with Gasteiger partial charge in [0.25, 0.3) is 0 Å². The fourth-order valence-electron chi connectivity index (χ4n) is 2.58. The highest BCUT2D eigenvalue weighted by atomic mass is 35.5. The molecule has 0 amide bonds. The lowest BCUT2D eigenvalue weighted by molar-refractivity contribution is 0.137. The van der Waals surface area contributed by atoms with E-state index in [4.69, 9.17) is 11.6 Å². The minimum absolute atomic E-state index is 0.104. The number of alkyl halides is 1. The molecule has 0 aromatic heterocycles. The van der Waals surface area contributed by atoms with Crippen molar-refractivity contribution in [3.8, 4) is 0 Å². The maximum absolute atomic E-state index is 6.58. The van der Waals surface area contributed by atoms with Crippen LogP contribution in [-0.2, 0) is 0 Å². The largest absolute Gasteiger partial charge is 0.301 e. The highest BCUT2D eigenvalue weighted by Gasteiger charge is 2.19. The number of aryl methyl sites for hydroxylation is 2. The van der Waals surface area contributed by atoms with Gasteiger partial charge < -0.3 is 4.90 Å². The molecular weight excluding hydrogens is 256 g/mol. The second kappa shape index (κ2) is 6.74. The van der Waals surface area contributed by atoms with Crippen molar-refractivity contribution >= 4 is 11.6 Å². The average Bonchev–Trinajstić information content (AvgIpc) is 2.42. The summed E-state index contributed by atoms with van der Waals surface area (Å²) in [5.74, 6) is 0. The lowest BCUT2D eigenvalue weighted by Crippen LogP contribution is -2.46. The molecule has 1 aromatic rings. The molecule has 0 spiro atoms. The average molecular weight is 281 g/mol. The Balaban J connectivity index is 1.90. The maximum Gasteiger partial charge on any atom is 0.0712 e. The molecule has 1 unspecified atom stereocenters. The van der Waals surface area contributed by atoms with E-state index >= 15 is 0 Å². The van der Waals surface area contributed by atoms with Crippen molar-refractivity contribution in [1.82, 2.24) is 9.80 Å². The molecule has 0 saturated carbocycles. The predicted molar refractivity (Wildman–Crippen MR) is 83.1 cm³/mol. The minimum atomic E-state index is 0.104. The van der Waals surface area contributed by atoms with E-state index in [0.29, 0.717) is 0 Å². The summed E-state index contributed by atoms with van der Waals surface area (Å²) < 4.78 is 0. The lowest BCUT2D eigenvalue weighted by atomic mass is 10.0. The SMILES string of the molecule is CCN1CCN(CC(Cl)c2ccc(C)c(C)c2)CC1. The van der Waals surface area contributed by atoms with Crippen LogP contribution in [0.5, 0.6) is 0 Å². The van der Waals surface area contributed by atoms with Crippen molar-refractivity contribution in [1.29, 1.82) is 0 Å². The quantitative estimate of drug-likeness (QED) is 0.782. The Morgan fingerprint density at radius 1 is 1.05 bits per heavy atom. The summed E-state index contributed by atoms with van der Waals surface area (Å²) in [6, 6.07) is 6.58. The van der Waals surface area contributed by atoms with Crippen LogP contribution in [0.15, 0.2) is 18.2 Å². The number of likely N-dealkylation sites (N-methyl/N-ethyl adjacent to an activating group) is 1. The number of halogens is 1. The van der Waals surface area contributed by atoms with Gasteiger partial charge in [-0.3, -0.25) is 4.90 Å². The van der Waals surface area contributed by atoms with Crippen LogP contribution in [0.2, 0.25) is 0 Å². The number of hydrogen-bond donors (Lipinski definition) is 0. The molecule has 3 heteroatoms. The number of hydrogen-bond acceptors (Lipinski definition) is 2. The van der Waals surface area contributed by atoms with Gasteiger partial charge in [0.15, 0.2) is 0 Å². The van der Waals surface area contributed by atoms with Crippen molar-refractivity contribution in [3.05, 3.63) is 34.9 Å². The zero-order valence-electron chi connectivity index (χ0n) is 12.3. The van der Waals surface area contributed by atoms with Crippen molar-refractivity contribution in [2.45, 2.75) is 26.1 Å². The smallest absolute Gasteiger partial charge is 0.0712 e. The van der Waals surface area contributed by atoms with Crippen molar-refractivity contribution < 1.29 is 0 Å². The first-order valence-electron chi connectivity index (χ1n) is 7.26. The fraction of sp³-hybridized carbons (Fsp3) is 0.625. The standard InChI is InChI=1S/C16H25ClN2/c1-4-18-7-9-19(10-8-18)12-16(17)15-6-5-13(2)14(3)11-15/h5-6,11,16H,4,7-10,12H2,1-3H3. The number of nitrogens with zero attached hydrogens (tertiary/aromatic N) is 2. The van der Waals surface area contributed by atoms with Gasteiger partial charge >= 0.3 is 0 Å². The summed E-state index contributed by atoms with van der Waals surface area (Å²) in [7, 11) is 0. The number of rotatable bonds is 4. The molecule has 1 heterocycles. The van der Waals surface area contributed by atoms with Crippen LogP contribution < -0.4 is 0 Å². The number of piperazine rings is 1. The Bertz CT molecular complexity index is 411. The fourth-order valence-corrected chi connectivity index (χ4v) is 2.91. The molecule has 1 atom stereocenters. The molecule has 0 N–H and O–H groups in total. The topological polar surface area (TPSA) is 6.48 Å². The molecule has 19 heavy (non-hydrogen) atoms. The summed E-state index contributed by atoms with van der Waals surface area (Å²) in [5, 5.41) is 0.104. The Morgan fingerprint density at radius 2 is 1.68 bits per heavy atom. The molecule has 0 radical (unpaired) electrons. The summed E-state index contributed by atoms with van der Waals surface area (Å²) in [6.45, 7) is 13.3. The molecule has 1 aromatic carbocycles. The zero-order valence-corrected chi connectivity index (χ0v) is 13.1. The molecule has 0 bridgehead atoms. The van der Waals surface area contributed by atoms with Crippen molar-refractivity contribution in [2.75, 3.05) is 39.3 Å². The third kappa shape index (κ3) is 3.95. The maximum atomic E-state index is 6.58. The van der Waals surface area contributed by atoms with Crippen molar-refractivity contribution in [3.63, 3.8) is 0 Å². The first-order valence-corrected chi connectivity index (χ1v) is 7.69. The Morgan fingerprint density at radius 3 is 2.26 bits per heavy atom. The van der Waals surface area contributed by atoms with E-state index in [9.17, 15) is 0 Å². The first kappa shape index (κ1) is 14.8. The van der Waals surface area contributed by atoms with E-state index in [-0.39, 0.29) is 5.38 Å². The molecular formula is C16H25ClN2. The lowest BCUT2D eigenvalue weighted by Gasteiger charge is -2.35. The van der Waals surface area contributed by atoms with Crippen LogP contribution in [-0.4, -0.2) is 49.1 Å². The van der Waals surface area contributed by atoms with Crippen LogP contribution in [0.3, 0.4) is 0 Å². The summed E-state index contributed by atoms with van der Waals surface area (Å²) >= 11 is 6.58. The molecule has 0 aliphatic carbocycles. The minimum Gasteiger partial charge on any atom is -0.301 e. The van der Waals surface area contributed by atoms with Gasteiger partial charge in [0.05, 0.1) is 5.38 Å². The zero-order chi connectivity index (χ0) is 13.8. The van der Waals surface area contributed by atoms with E-state index in [1.54, 1.807) is 0 Å². The Labute approximate surface area is 122 Å². The van der Waals surface area contributed by atoms with Gasteiger partial charge in [0.2, 0.25) is 0 Å². The highest BCUT2D eigenvalue weighted by molar-refractivity contribution is 6.21. The van der Waals surface area contributed by atoms with E-state index < -0.39 is 0 Å². The second-order valence-corrected chi connectivity index (χ2v) is 6.07. The normalized spacial score (nSPS) is 19.6. The highest BCUT2D eigenvalue weighted by Crippen LogP contribution is 2.24. The summed E-state index contributed by atoms with van der Waals surface area (Å²) in [5.41, 5.74) is 3.92. The van der Waals surface area contributed by atoms with Gasteiger partial charge in [-0.05, 0) is 37.1 Å². The van der Waals surface area contributed by atoms with Crippen LogP contribution in [0, 0.1) is 13.8 Å². The van der Waals surface area contributed by atoms with Gasteiger partial charge in [-0.1, -0.05) is 25.1 Å². The first-order chi connectivity index (χ1) is 9.10. The van der Waals surface area contributed by atoms with Gasteiger partial charge in [-0.25, -0.2) is 0 Å². The summed E-state index contributed by atoms with van der Waals surface area (Å²) in [6.07, 6.45) is 0. The predicted octanol–water partition coefficient (Wildman–Crippen LogP) is 3.22. The molecule has 1 saturated heterocycles. The Hall–Kier alpha value is -0.570. The number of benzene rings is 1. The van der Waals surface area contributed by atoms with Gasteiger partial charge in [0, 0.05) is 32.7 Å². The molecule has 106 valence electrons. The van der Waals surface area contributed by atoms with E-state index in [1.807, 2.05) is 0 Å². The third-order valence-corrected chi connectivity index (χ3v) is 4.61. The van der Waals surface area contributed by atoms with Gasteiger partial charge in [-0.15, -0.1) is 11.6 Å². The van der Waals surface area contributed by atoms with Crippen molar-refractivity contribution in [2.24, 2.45) is 0 Å². The van der Waals surface area contributed by atoms with Crippen LogP contribution in [0.1, 0.15) is 29.0 Å². The van der Waals surface area contributed by atoms with E-state index in [2.05, 4.69) is 48.8 Å². The van der Waals surface area contributed by atoms with Gasteiger partial charge in [-0.2, -0.15) is 0 Å².